The maximum absolute atomic E-state index is 5.43. The van der Waals surface area contributed by atoms with E-state index in [0.717, 1.165) is 69.3 Å². The van der Waals surface area contributed by atoms with Crippen LogP contribution in [0.5, 0.6) is 0 Å². The summed E-state index contributed by atoms with van der Waals surface area (Å²) in [5.41, 5.74) is 1.27. The number of ether oxygens (including phenoxy) is 1. The molecular formula is C20H32BrN5O. The average Bonchev–Trinajstić information content (AvgIpc) is 3.14. The van der Waals surface area contributed by atoms with Crippen LogP contribution in [-0.4, -0.2) is 76.4 Å². The summed E-state index contributed by atoms with van der Waals surface area (Å²) >= 11 is 3.66. The normalized spacial score (nSPS) is 22.7. The Morgan fingerprint density at radius 2 is 2.07 bits per heavy atom. The Morgan fingerprint density at radius 1 is 1.30 bits per heavy atom. The van der Waals surface area contributed by atoms with Crippen LogP contribution in [0, 0.1) is 5.92 Å². The highest BCUT2D eigenvalue weighted by Gasteiger charge is 2.24. The van der Waals surface area contributed by atoms with Crippen LogP contribution in [0.25, 0.3) is 0 Å². The molecule has 0 aliphatic carbocycles. The molecule has 27 heavy (non-hydrogen) atoms. The standard InChI is InChI=1S/C20H32BrN5O/c1-16(14-25-9-11-27-12-10-25)13-23-20(22-2)24-17-7-8-26(15-17)19-6-4-3-5-18(19)21/h3-6,16-17H,7-15H2,1-2H3,(H2,22,23,24). The van der Waals surface area contributed by atoms with E-state index in [9.17, 15) is 0 Å². The average molecular weight is 438 g/mol. The second-order valence-corrected chi connectivity index (χ2v) is 8.35. The molecule has 0 spiro atoms. The fraction of sp³-hybridized carbons (Fsp3) is 0.650. The predicted molar refractivity (Wildman–Crippen MR) is 116 cm³/mol. The number of para-hydroxylation sites is 1. The summed E-state index contributed by atoms with van der Waals surface area (Å²) in [6.45, 7) is 10.2. The van der Waals surface area contributed by atoms with Crippen molar-refractivity contribution in [3.8, 4) is 0 Å². The largest absolute Gasteiger partial charge is 0.379 e. The SMILES string of the molecule is CN=C(NCC(C)CN1CCOCC1)NC1CCN(c2ccccc2Br)C1. The van der Waals surface area contributed by atoms with Gasteiger partial charge in [0.15, 0.2) is 5.96 Å². The first-order valence-electron chi connectivity index (χ1n) is 9.92. The van der Waals surface area contributed by atoms with Crippen molar-refractivity contribution in [3.63, 3.8) is 0 Å². The number of guanidine groups is 1. The van der Waals surface area contributed by atoms with Crippen LogP contribution in [0.1, 0.15) is 13.3 Å². The Morgan fingerprint density at radius 3 is 2.81 bits per heavy atom. The van der Waals surface area contributed by atoms with Crippen molar-refractivity contribution < 1.29 is 4.74 Å². The molecule has 6 nitrogen and oxygen atoms in total. The number of nitrogens with zero attached hydrogens (tertiary/aromatic N) is 3. The van der Waals surface area contributed by atoms with Crippen LogP contribution in [-0.2, 0) is 4.74 Å². The first-order chi connectivity index (χ1) is 13.2. The summed E-state index contributed by atoms with van der Waals surface area (Å²) < 4.78 is 6.58. The number of anilines is 1. The third-order valence-corrected chi connectivity index (χ3v) is 5.91. The van der Waals surface area contributed by atoms with Crippen molar-refractivity contribution in [1.29, 1.82) is 0 Å². The molecular weight excluding hydrogens is 406 g/mol. The molecule has 2 aliphatic rings. The van der Waals surface area contributed by atoms with Crippen LogP contribution in [0.15, 0.2) is 33.7 Å². The van der Waals surface area contributed by atoms with Gasteiger partial charge in [-0.25, -0.2) is 0 Å². The molecule has 0 bridgehead atoms. The lowest BCUT2D eigenvalue weighted by Crippen LogP contribution is -2.47. The summed E-state index contributed by atoms with van der Waals surface area (Å²) in [7, 11) is 1.85. The number of halogens is 1. The number of hydrogen-bond donors (Lipinski definition) is 2. The van der Waals surface area contributed by atoms with Crippen LogP contribution < -0.4 is 15.5 Å². The van der Waals surface area contributed by atoms with E-state index >= 15 is 0 Å². The molecule has 2 heterocycles. The van der Waals surface area contributed by atoms with Crippen molar-refractivity contribution in [3.05, 3.63) is 28.7 Å². The van der Waals surface area contributed by atoms with E-state index in [1.807, 2.05) is 7.05 Å². The number of nitrogens with one attached hydrogen (secondary N) is 2. The minimum Gasteiger partial charge on any atom is -0.379 e. The second-order valence-electron chi connectivity index (χ2n) is 7.50. The van der Waals surface area contributed by atoms with E-state index in [1.54, 1.807) is 0 Å². The molecule has 2 aliphatic heterocycles. The van der Waals surface area contributed by atoms with Gasteiger partial charge in [-0.2, -0.15) is 0 Å². The molecule has 0 radical (unpaired) electrons. The lowest BCUT2D eigenvalue weighted by Gasteiger charge is -2.29. The van der Waals surface area contributed by atoms with E-state index in [2.05, 4.69) is 72.5 Å². The Bertz CT molecular complexity index is 620. The molecule has 0 saturated carbocycles. The van der Waals surface area contributed by atoms with Gasteiger partial charge >= 0.3 is 0 Å². The third-order valence-electron chi connectivity index (χ3n) is 5.24. The zero-order valence-corrected chi connectivity index (χ0v) is 18.0. The van der Waals surface area contributed by atoms with Gasteiger partial charge in [-0.15, -0.1) is 0 Å². The van der Waals surface area contributed by atoms with E-state index in [0.29, 0.717) is 12.0 Å². The van der Waals surface area contributed by atoms with Gasteiger partial charge in [0, 0.05) is 56.8 Å². The summed E-state index contributed by atoms with van der Waals surface area (Å²) in [6, 6.07) is 8.84. The molecule has 2 fully saturated rings. The Kier molecular flexibility index (Phi) is 7.79. The number of rotatable bonds is 6. The molecule has 2 atom stereocenters. The van der Waals surface area contributed by atoms with Crippen molar-refractivity contribution in [2.24, 2.45) is 10.9 Å². The monoisotopic (exact) mass is 437 g/mol. The first-order valence-corrected chi connectivity index (χ1v) is 10.7. The van der Waals surface area contributed by atoms with Gasteiger partial charge in [0.25, 0.3) is 0 Å². The molecule has 2 N–H and O–H groups in total. The molecule has 0 aromatic heterocycles. The van der Waals surface area contributed by atoms with Gasteiger partial charge in [-0.1, -0.05) is 19.1 Å². The summed E-state index contributed by atoms with van der Waals surface area (Å²) in [5.74, 6) is 1.48. The summed E-state index contributed by atoms with van der Waals surface area (Å²) in [4.78, 5) is 9.33. The second kappa shape index (κ2) is 10.3. The quantitative estimate of drug-likeness (QED) is 0.527. The fourth-order valence-electron chi connectivity index (χ4n) is 3.75. The lowest BCUT2D eigenvalue weighted by molar-refractivity contribution is 0.0320. The Hall–Kier alpha value is -1.31. The van der Waals surface area contributed by atoms with E-state index in [-0.39, 0.29) is 0 Å². The Balaban J connectivity index is 1.42. The number of aliphatic imine (C=N–C) groups is 1. The van der Waals surface area contributed by atoms with Crippen LogP contribution >= 0.6 is 15.9 Å². The van der Waals surface area contributed by atoms with Crippen molar-refractivity contribution in [1.82, 2.24) is 15.5 Å². The van der Waals surface area contributed by atoms with Gasteiger partial charge in [0.2, 0.25) is 0 Å². The minimum absolute atomic E-state index is 0.415. The molecule has 7 heteroatoms. The van der Waals surface area contributed by atoms with Crippen LogP contribution in [0.2, 0.25) is 0 Å². The van der Waals surface area contributed by atoms with E-state index < -0.39 is 0 Å². The molecule has 0 amide bonds. The molecule has 150 valence electrons. The maximum Gasteiger partial charge on any atom is 0.191 e. The highest BCUT2D eigenvalue weighted by molar-refractivity contribution is 9.10. The van der Waals surface area contributed by atoms with Gasteiger partial charge in [0.05, 0.1) is 18.9 Å². The first kappa shape index (κ1) is 20.4. The van der Waals surface area contributed by atoms with Crippen molar-refractivity contribution in [2.45, 2.75) is 19.4 Å². The topological polar surface area (TPSA) is 52.1 Å². The predicted octanol–water partition coefficient (Wildman–Crippen LogP) is 2.16. The third kappa shape index (κ3) is 6.09. The van der Waals surface area contributed by atoms with Gasteiger partial charge in [-0.3, -0.25) is 9.89 Å². The number of morpholine rings is 1. The summed E-state index contributed by atoms with van der Waals surface area (Å²) in [6.07, 6.45) is 1.12. The van der Waals surface area contributed by atoms with Gasteiger partial charge in [0.1, 0.15) is 0 Å². The molecule has 3 rings (SSSR count). The highest BCUT2D eigenvalue weighted by Crippen LogP contribution is 2.28. The van der Waals surface area contributed by atoms with Crippen LogP contribution in [0.3, 0.4) is 0 Å². The lowest BCUT2D eigenvalue weighted by atomic mass is 10.1. The number of benzene rings is 1. The van der Waals surface area contributed by atoms with Gasteiger partial charge in [-0.05, 0) is 40.4 Å². The van der Waals surface area contributed by atoms with Crippen LogP contribution in [0.4, 0.5) is 5.69 Å². The molecule has 2 unspecified atom stereocenters. The van der Waals surface area contributed by atoms with Crippen molar-refractivity contribution >= 4 is 27.6 Å². The smallest absolute Gasteiger partial charge is 0.191 e. The van der Waals surface area contributed by atoms with E-state index in [1.165, 1.54) is 5.69 Å². The van der Waals surface area contributed by atoms with E-state index in [4.69, 9.17) is 4.74 Å². The zero-order chi connectivity index (χ0) is 19.1. The maximum atomic E-state index is 5.43. The van der Waals surface area contributed by atoms with Crippen molar-refractivity contribution in [2.75, 3.05) is 64.4 Å². The van der Waals surface area contributed by atoms with Gasteiger partial charge < -0.3 is 20.3 Å². The minimum atomic E-state index is 0.415. The fourth-order valence-corrected chi connectivity index (χ4v) is 4.29. The molecule has 1 aromatic carbocycles. The molecule has 1 aromatic rings. The zero-order valence-electron chi connectivity index (χ0n) is 16.5. The summed E-state index contributed by atoms with van der Waals surface area (Å²) in [5, 5.41) is 7.10. The molecule has 2 saturated heterocycles. The Labute approximate surface area is 171 Å². The highest BCUT2D eigenvalue weighted by atomic mass is 79.9. The number of hydrogen-bond acceptors (Lipinski definition) is 4.